The van der Waals surface area contributed by atoms with Crippen LogP contribution >= 0.6 is 0 Å². The highest BCUT2D eigenvalue weighted by molar-refractivity contribution is 6.50. The number of hydrogen-bond acceptors (Lipinski definition) is 0. The van der Waals surface area contributed by atoms with E-state index in [1.165, 1.54) is 71.0 Å². The molecule has 0 radical (unpaired) electrons. The van der Waals surface area contributed by atoms with E-state index in [0.717, 1.165) is 0 Å². The summed E-state index contributed by atoms with van der Waals surface area (Å²) in [5, 5.41) is 0. The zero-order chi connectivity index (χ0) is 13.9. The second kappa shape index (κ2) is 10.6. The molecule has 0 aromatic heterocycles. The van der Waals surface area contributed by atoms with Crippen molar-refractivity contribution in [1.29, 1.82) is 0 Å². The van der Waals surface area contributed by atoms with Crippen LogP contribution in [0.25, 0.3) is 0 Å². The number of unbranched alkanes of at least 4 members (excludes halogenated alkanes) is 5. The third kappa shape index (κ3) is 15.7. The van der Waals surface area contributed by atoms with Crippen LogP contribution in [0.5, 0.6) is 0 Å². The van der Waals surface area contributed by atoms with Gasteiger partial charge in [0, 0.05) is 12.8 Å². The molecule has 1 fully saturated rings. The van der Waals surface area contributed by atoms with E-state index in [2.05, 4.69) is 6.92 Å². The lowest BCUT2D eigenvalue weighted by molar-refractivity contribution is -0.887. The summed E-state index contributed by atoms with van der Waals surface area (Å²) in [5.74, 6) is 0. The third-order valence-electron chi connectivity index (χ3n) is 3.19. The first-order valence-electron chi connectivity index (χ1n) is 7.14. The molecule has 0 atom stereocenters. The predicted molar refractivity (Wildman–Crippen MR) is 68.4 cm³/mol. The first-order chi connectivity index (χ1) is 8.43. The van der Waals surface area contributed by atoms with Crippen LogP contribution in [0.3, 0.4) is 0 Å². The molecule has 6 heteroatoms. The molecule has 1 nitrogen and oxygen atoms in total. The summed E-state index contributed by atoms with van der Waals surface area (Å²) in [7, 11) is -6.00. The molecule has 0 aromatic carbocycles. The Kier molecular flexibility index (Phi) is 10.5. The van der Waals surface area contributed by atoms with Gasteiger partial charge in [0.05, 0.1) is 19.6 Å². The molecule has 1 aliphatic heterocycles. The molecule has 1 heterocycles. The molecule has 1 saturated heterocycles. The Morgan fingerprint density at radius 3 is 1.78 bits per heavy atom. The molecule has 1 aliphatic rings. The van der Waals surface area contributed by atoms with Crippen LogP contribution in [-0.2, 0) is 0 Å². The maximum atomic E-state index is 9.75. The van der Waals surface area contributed by atoms with E-state index in [1.54, 1.807) is 0 Å². The van der Waals surface area contributed by atoms with E-state index in [9.17, 15) is 17.3 Å². The molecule has 0 amide bonds. The quantitative estimate of drug-likeness (QED) is 0.411. The van der Waals surface area contributed by atoms with Gasteiger partial charge in [-0.15, -0.1) is 0 Å². The molecule has 0 spiro atoms. The monoisotopic (exact) mass is 271 g/mol. The Balaban J connectivity index is 0.000000494. The normalized spacial score (nSPS) is 16.5. The smallest absolute Gasteiger partial charge is 0.418 e. The van der Waals surface area contributed by atoms with Crippen molar-refractivity contribution in [3.8, 4) is 0 Å². The van der Waals surface area contributed by atoms with E-state index < -0.39 is 7.25 Å². The summed E-state index contributed by atoms with van der Waals surface area (Å²) in [6.45, 7) is 6.64. The predicted octanol–water partition coefficient (Wildman–Crippen LogP) is 3.33. The molecule has 1 N–H and O–H groups in total. The lowest BCUT2D eigenvalue weighted by Gasteiger charge is -2.11. The van der Waals surface area contributed by atoms with Gasteiger partial charge in [-0.05, 0) is 12.8 Å². The highest BCUT2D eigenvalue weighted by Crippen LogP contribution is 2.06. The molecule has 18 heavy (non-hydrogen) atoms. The Labute approximate surface area is 108 Å². The fraction of sp³-hybridized carbons (Fsp3) is 1.00. The SMILES string of the molecule is CCCCCCCC[NH+]1CCCC1.F[B-](F)(F)F. The van der Waals surface area contributed by atoms with Crippen LogP contribution < -0.4 is 4.90 Å². The fourth-order valence-electron chi connectivity index (χ4n) is 2.28. The number of quaternary nitrogens is 1. The van der Waals surface area contributed by atoms with Crippen molar-refractivity contribution in [1.82, 2.24) is 0 Å². The minimum atomic E-state index is -6.00. The van der Waals surface area contributed by atoms with Crippen LogP contribution in [0, 0.1) is 0 Å². The standard InChI is InChI=1S/C12H25N.BF4/c1-2-3-4-5-6-7-10-13-11-8-9-12-13;2-1(3,4)5/h2-12H2,1H3;/q;-1/p+1. The van der Waals surface area contributed by atoms with Gasteiger partial charge in [0.1, 0.15) is 0 Å². The average molecular weight is 271 g/mol. The summed E-state index contributed by atoms with van der Waals surface area (Å²) >= 11 is 0. The molecule has 110 valence electrons. The topological polar surface area (TPSA) is 4.44 Å². The van der Waals surface area contributed by atoms with Crippen molar-refractivity contribution in [2.24, 2.45) is 0 Å². The average Bonchev–Trinajstić information content (AvgIpc) is 2.73. The largest absolute Gasteiger partial charge is 0.673 e. The molecule has 0 unspecified atom stereocenters. The summed E-state index contributed by atoms with van der Waals surface area (Å²) in [4.78, 5) is 1.87. The van der Waals surface area contributed by atoms with Gasteiger partial charge < -0.3 is 22.2 Å². The number of hydrogen-bond donors (Lipinski definition) is 1. The molecular formula is C12H26BF4N. The van der Waals surface area contributed by atoms with Crippen molar-refractivity contribution in [3.05, 3.63) is 0 Å². The minimum absolute atomic E-state index is 1.37. The Morgan fingerprint density at radius 2 is 1.28 bits per heavy atom. The summed E-state index contributed by atoms with van der Waals surface area (Å²) < 4.78 is 39.0. The molecule has 0 aliphatic carbocycles. The number of halogens is 4. The summed E-state index contributed by atoms with van der Waals surface area (Å²) in [6.07, 6.45) is 11.7. The zero-order valence-electron chi connectivity index (χ0n) is 11.4. The highest BCUT2D eigenvalue weighted by Gasteiger charge is 2.20. The van der Waals surface area contributed by atoms with Crippen LogP contribution in [0.2, 0.25) is 0 Å². The van der Waals surface area contributed by atoms with E-state index in [0.29, 0.717) is 0 Å². The number of likely N-dealkylation sites (tertiary alicyclic amines) is 1. The number of rotatable bonds is 7. The van der Waals surface area contributed by atoms with Crippen LogP contribution in [0.1, 0.15) is 58.3 Å². The molecular weight excluding hydrogens is 245 g/mol. The number of nitrogens with one attached hydrogen (secondary N) is 1. The molecule has 0 saturated carbocycles. The summed E-state index contributed by atoms with van der Waals surface area (Å²) in [6, 6.07) is 0. The maximum absolute atomic E-state index is 9.75. The van der Waals surface area contributed by atoms with Gasteiger partial charge in [0.15, 0.2) is 0 Å². The molecule has 0 bridgehead atoms. The molecule has 0 aromatic rings. The van der Waals surface area contributed by atoms with E-state index >= 15 is 0 Å². The third-order valence-corrected chi connectivity index (χ3v) is 3.19. The van der Waals surface area contributed by atoms with Gasteiger partial charge in [-0.25, -0.2) is 0 Å². The first kappa shape index (κ1) is 17.7. The zero-order valence-corrected chi connectivity index (χ0v) is 11.4. The maximum Gasteiger partial charge on any atom is 0.673 e. The van der Waals surface area contributed by atoms with Crippen LogP contribution in [0.4, 0.5) is 17.3 Å². The van der Waals surface area contributed by atoms with Crippen molar-refractivity contribution < 1.29 is 22.2 Å². The molecule has 1 rings (SSSR count). The first-order valence-corrected chi connectivity index (χ1v) is 7.14. The van der Waals surface area contributed by atoms with E-state index in [-0.39, 0.29) is 0 Å². The second-order valence-electron chi connectivity index (χ2n) is 4.97. The van der Waals surface area contributed by atoms with Gasteiger partial charge in [0.25, 0.3) is 0 Å². The van der Waals surface area contributed by atoms with Gasteiger partial charge in [0.2, 0.25) is 0 Å². The lowest BCUT2D eigenvalue weighted by Crippen LogP contribution is -3.09. The van der Waals surface area contributed by atoms with Gasteiger partial charge in [-0.1, -0.05) is 32.6 Å². The Morgan fingerprint density at radius 1 is 0.833 bits per heavy atom. The van der Waals surface area contributed by atoms with Gasteiger partial charge in [-0.2, -0.15) is 0 Å². The fourth-order valence-corrected chi connectivity index (χ4v) is 2.28. The summed E-state index contributed by atoms with van der Waals surface area (Å²) in [5.41, 5.74) is 0. The van der Waals surface area contributed by atoms with Crippen molar-refractivity contribution in [2.45, 2.75) is 58.3 Å². The van der Waals surface area contributed by atoms with Crippen LogP contribution in [-0.4, -0.2) is 26.9 Å². The van der Waals surface area contributed by atoms with Crippen molar-refractivity contribution >= 4 is 7.25 Å². The van der Waals surface area contributed by atoms with E-state index in [4.69, 9.17) is 0 Å². The van der Waals surface area contributed by atoms with Gasteiger partial charge in [-0.3, -0.25) is 0 Å². The van der Waals surface area contributed by atoms with E-state index in [1.807, 2.05) is 4.90 Å². The van der Waals surface area contributed by atoms with Gasteiger partial charge >= 0.3 is 7.25 Å². The highest BCUT2D eigenvalue weighted by atomic mass is 19.5. The van der Waals surface area contributed by atoms with Crippen LogP contribution in [0.15, 0.2) is 0 Å². The second-order valence-corrected chi connectivity index (χ2v) is 4.97. The Hall–Kier alpha value is -0.255. The Bertz CT molecular complexity index is 175. The minimum Gasteiger partial charge on any atom is -0.418 e. The van der Waals surface area contributed by atoms with Crippen molar-refractivity contribution in [3.63, 3.8) is 0 Å². The lowest BCUT2D eigenvalue weighted by atomic mass is 10.1. The van der Waals surface area contributed by atoms with Crippen molar-refractivity contribution in [2.75, 3.05) is 19.6 Å².